The van der Waals surface area contributed by atoms with Gasteiger partial charge in [-0.05, 0) is 36.8 Å². The van der Waals surface area contributed by atoms with E-state index in [1.165, 1.54) is 0 Å². The smallest absolute Gasteiger partial charge is 0.270 e. The molecule has 2 aromatic rings. The highest BCUT2D eigenvalue weighted by molar-refractivity contribution is 5.92. The van der Waals surface area contributed by atoms with Gasteiger partial charge in [0.2, 0.25) is 0 Å². The number of nitrogens with one attached hydrogen (secondary N) is 1. The summed E-state index contributed by atoms with van der Waals surface area (Å²) < 4.78 is 11.0. The monoisotopic (exact) mass is 284 g/mol. The molecule has 0 spiro atoms. The van der Waals surface area contributed by atoms with E-state index < -0.39 is 0 Å². The van der Waals surface area contributed by atoms with Gasteiger partial charge in [-0.2, -0.15) is 0 Å². The van der Waals surface area contributed by atoms with E-state index >= 15 is 0 Å². The lowest BCUT2D eigenvalue weighted by Crippen LogP contribution is -2.24. The summed E-state index contributed by atoms with van der Waals surface area (Å²) in [6.07, 6.45) is 0. The number of ether oxygens (including phenoxy) is 2. The second-order valence-electron chi connectivity index (χ2n) is 4.82. The zero-order valence-electron chi connectivity index (χ0n) is 11.8. The molecule has 0 aliphatic carbocycles. The van der Waals surface area contributed by atoms with Crippen LogP contribution in [0.4, 0.5) is 0 Å². The van der Waals surface area contributed by atoms with Gasteiger partial charge in [0.25, 0.3) is 5.91 Å². The van der Waals surface area contributed by atoms with Gasteiger partial charge in [-0.15, -0.1) is 0 Å². The van der Waals surface area contributed by atoms with Crippen LogP contribution in [0.2, 0.25) is 0 Å². The third-order valence-corrected chi connectivity index (χ3v) is 3.18. The molecule has 5 nitrogen and oxygen atoms in total. The molecule has 0 atom stereocenters. The summed E-state index contributed by atoms with van der Waals surface area (Å²) in [6.45, 7) is 3.40. The summed E-state index contributed by atoms with van der Waals surface area (Å²) in [5.41, 5.74) is 2.20. The number of carbonyl (C=O) groups excluding carboxylic acids is 1. The van der Waals surface area contributed by atoms with Crippen LogP contribution in [0.25, 0.3) is 0 Å². The molecule has 0 saturated heterocycles. The summed E-state index contributed by atoms with van der Waals surface area (Å²) in [4.78, 5) is 16.2. The maximum absolute atomic E-state index is 12.0. The number of fused-ring (bicyclic) bond motifs is 1. The minimum atomic E-state index is -0.186. The number of aromatic nitrogens is 1. The molecule has 0 radical (unpaired) electrons. The minimum absolute atomic E-state index is 0.186. The molecular weight excluding hydrogens is 268 g/mol. The van der Waals surface area contributed by atoms with Gasteiger partial charge in [0.15, 0.2) is 11.5 Å². The number of amides is 1. The van der Waals surface area contributed by atoms with Gasteiger partial charge in [0.1, 0.15) is 18.9 Å². The van der Waals surface area contributed by atoms with Crippen molar-refractivity contribution >= 4 is 5.91 Å². The number of hydrogen-bond acceptors (Lipinski definition) is 4. The van der Waals surface area contributed by atoms with Gasteiger partial charge in [-0.1, -0.05) is 12.1 Å². The van der Waals surface area contributed by atoms with Gasteiger partial charge in [-0.3, -0.25) is 4.79 Å². The maximum atomic E-state index is 12.0. The van der Waals surface area contributed by atoms with Crippen molar-refractivity contribution in [2.24, 2.45) is 0 Å². The van der Waals surface area contributed by atoms with Gasteiger partial charge < -0.3 is 14.8 Å². The lowest BCUT2D eigenvalue weighted by Gasteiger charge is -2.18. The van der Waals surface area contributed by atoms with Crippen molar-refractivity contribution in [3.63, 3.8) is 0 Å². The number of pyridine rings is 1. The highest BCUT2D eigenvalue weighted by Gasteiger charge is 2.12. The predicted octanol–water partition coefficient (Wildman–Crippen LogP) is 2.09. The van der Waals surface area contributed by atoms with E-state index in [1.54, 1.807) is 6.07 Å². The molecule has 21 heavy (non-hydrogen) atoms. The van der Waals surface area contributed by atoms with Crippen LogP contribution in [0.1, 0.15) is 21.7 Å². The van der Waals surface area contributed by atoms with Crippen molar-refractivity contribution in [2.75, 3.05) is 13.2 Å². The summed E-state index contributed by atoms with van der Waals surface area (Å²) in [6, 6.07) is 11.0. The molecule has 5 heteroatoms. The van der Waals surface area contributed by atoms with Gasteiger partial charge >= 0.3 is 0 Å². The Kier molecular flexibility index (Phi) is 3.73. The van der Waals surface area contributed by atoms with Crippen molar-refractivity contribution < 1.29 is 14.3 Å². The first-order valence-electron chi connectivity index (χ1n) is 6.83. The Labute approximate surface area is 122 Å². The van der Waals surface area contributed by atoms with Gasteiger partial charge in [0.05, 0.1) is 0 Å². The van der Waals surface area contributed by atoms with Gasteiger partial charge in [0, 0.05) is 12.2 Å². The van der Waals surface area contributed by atoms with E-state index in [4.69, 9.17) is 9.47 Å². The summed E-state index contributed by atoms with van der Waals surface area (Å²) in [7, 11) is 0. The molecule has 0 bridgehead atoms. The van der Waals surface area contributed by atoms with E-state index in [-0.39, 0.29) is 5.91 Å². The first kappa shape index (κ1) is 13.4. The van der Waals surface area contributed by atoms with E-state index in [2.05, 4.69) is 10.3 Å². The molecule has 0 fully saturated rings. The fourth-order valence-electron chi connectivity index (χ4n) is 2.14. The van der Waals surface area contributed by atoms with E-state index in [0.717, 1.165) is 22.8 Å². The number of benzene rings is 1. The minimum Gasteiger partial charge on any atom is -0.486 e. The van der Waals surface area contributed by atoms with E-state index in [1.807, 2.05) is 37.3 Å². The SMILES string of the molecule is Cc1cccc(C(=O)NCc2ccc3c(c2)OCCO3)n1. The lowest BCUT2D eigenvalue weighted by molar-refractivity contribution is 0.0945. The molecule has 2 heterocycles. The number of aryl methyl sites for hydroxylation is 1. The van der Waals surface area contributed by atoms with Crippen LogP contribution in [0.3, 0.4) is 0 Å². The second kappa shape index (κ2) is 5.83. The fraction of sp³-hybridized carbons (Fsp3) is 0.250. The molecule has 0 saturated carbocycles. The largest absolute Gasteiger partial charge is 0.486 e. The Morgan fingerprint density at radius 1 is 1.19 bits per heavy atom. The molecule has 0 unspecified atom stereocenters. The van der Waals surface area contributed by atoms with Crippen molar-refractivity contribution in [1.29, 1.82) is 0 Å². The summed E-state index contributed by atoms with van der Waals surface area (Å²) in [5, 5.41) is 2.85. The number of nitrogens with zero attached hydrogens (tertiary/aromatic N) is 1. The van der Waals surface area contributed by atoms with Crippen molar-refractivity contribution in [3.05, 3.63) is 53.3 Å². The average Bonchev–Trinajstić information content (AvgIpc) is 2.52. The van der Waals surface area contributed by atoms with Crippen LogP contribution in [-0.2, 0) is 6.54 Å². The quantitative estimate of drug-likeness (QED) is 0.937. The van der Waals surface area contributed by atoms with Crippen LogP contribution in [0.15, 0.2) is 36.4 Å². The van der Waals surface area contributed by atoms with Crippen LogP contribution < -0.4 is 14.8 Å². The Morgan fingerprint density at radius 3 is 2.81 bits per heavy atom. The van der Waals surface area contributed by atoms with Crippen molar-refractivity contribution in [1.82, 2.24) is 10.3 Å². The Bertz CT molecular complexity index is 670. The number of rotatable bonds is 3. The predicted molar refractivity (Wildman–Crippen MR) is 77.6 cm³/mol. The number of carbonyl (C=O) groups is 1. The number of hydrogen-bond donors (Lipinski definition) is 1. The zero-order chi connectivity index (χ0) is 14.7. The molecule has 108 valence electrons. The molecule has 1 amide bonds. The third kappa shape index (κ3) is 3.13. The normalized spacial score (nSPS) is 12.8. The molecule has 1 aliphatic heterocycles. The Hall–Kier alpha value is -2.56. The van der Waals surface area contributed by atoms with Crippen LogP contribution in [-0.4, -0.2) is 24.1 Å². The first-order chi connectivity index (χ1) is 10.2. The Balaban J connectivity index is 1.66. The van der Waals surface area contributed by atoms with E-state index in [0.29, 0.717) is 25.5 Å². The highest BCUT2D eigenvalue weighted by atomic mass is 16.6. The lowest BCUT2D eigenvalue weighted by atomic mass is 10.2. The van der Waals surface area contributed by atoms with Gasteiger partial charge in [-0.25, -0.2) is 4.98 Å². The zero-order valence-corrected chi connectivity index (χ0v) is 11.8. The van der Waals surface area contributed by atoms with Crippen LogP contribution >= 0.6 is 0 Å². The second-order valence-corrected chi connectivity index (χ2v) is 4.82. The fourth-order valence-corrected chi connectivity index (χ4v) is 2.14. The topological polar surface area (TPSA) is 60.5 Å². The van der Waals surface area contributed by atoms with Crippen LogP contribution in [0, 0.1) is 6.92 Å². The van der Waals surface area contributed by atoms with Crippen molar-refractivity contribution in [3.8, 4) is 11.5 Å². The van der Waals surface area contributed by atoms with Crippen molar-refractivity contribution in [2.45, 2.75) is 13.5 Å². The van der Waals surface area contributed by atoms with E-state index in [9.17, 15) is 4.79 Å². The molecule has 1 aromatic carbocycles. The maximum Gasteiger partial charge on any atom is 0.270 e. The highest BCUT2D eigenvalue weighted by Crippen LogP contribution is 2.30. The third-order valence-electron chi connectivity index (χ3n) is 3.18. The molecular formula is C16H16N2O3. The first-order valence-corrected chi connectivity index (χ1v) is 6.83. The summed E-state index contributed by atoms with van der Waals surface area (Å²) in [5.74, 6) is 1.28. The molecule has 1 aromatic heterocycles. The summed E-state index contributed by atoms with van der Waals surface area (Å²) >= 11 is 0. The molecule has 1 N–H and O–H groups in total. The molecule has 3 rings (SSSR count). The standard InChI is InChI=1S/C16H16N2O3/c1-11-3-2-4-13(18-11)16(19)17-10-12-5-6-14-15(9-12)21-8-7-20-14/h2-6,9H,7-8,10H2,1H3,(H,17,19). The van der Waals surface area contributed by atoms with Crippen LogP contribution in [0.5, 0.6) is 11.5 Å². The molecule has 1 aliphatic rings. The average molecular weight is 284 g/mol. The Morgan fingerprint density at radius 2 is 2.00 bits per heavy atom.